The first kappa shape index (κ1) is 15.8. The number of ether oxygens (including phenoxy) is 1. The molecule has 4 rings (SSSR count). The number of hydrogen-bond acceptors (Lipinski definition) is 7. The van der Waals surface area contributed by atoms with E-state index in [1.54, 1.807) is 19.4 Å². The van der Waals surface area contributed by atoms with Gasteiger partial charge >= 0.3 is 0 Å². The van der Waals surface area contributed by atoms with E-state index in [4.69, 9.17) is 10.5 Å². The van der Waals surface area contributed by atoms with Gasteiger partial charge in [0.2, 0.25) is 5.95 Å². The highest BCUT2D eigenvalue weighted by atomic mass is 16.5. The van der Waals surface area contributed by atoms with Crippen molar-refractivity contribution in [2.45, 2.75) is 6.17 Å². The van der Waals surface area contributed by atoms with E-state index in [1.165, 1.54) is 12.3 Å². The molecule has 0 bridgehead atoms. The lowest BCUT2D eigenvalue weighted by atomic mass is 10.2. The van der Waals surface area contributed by atoms with Crippen LogP contribution < -0.4 is 20.7 Å². The van der Waals surface area contributed by atoms with E-state index in [2.05, 4.69) is 20.3 Å². The van der Waals surface area contributed by atoms with Gasteiger partial charge in [-0.2, -0.15) is 0 Å². The molecular weight excluding hydrogens is 332 g/mol. The van der Waals surface area contributed by atoms with E-state index >= 15 is 0 Å². The quantitative estimate of drug-likeness (QED) is 0.744. The van der Waals surface area contributed by atoms with Gasteiger partial charge in [0.15, 0.2) is 6.17 Å². The largest absolute Gasteiger partial charge is 0.497 e. The summed E-state index contributed by atoms with van der Waals surface area (Å²) in [5, 5.41) is 3.41. The molecule has 3 N–H and O–H groups in total. The van der Waals surface area contributed by atoms with Gasteiger partial charge in [-0.25, -0.2) is 9.97 Å². The van der Waals surface area contributed by atoms with Gasteiger partial charge < -0.3 is 15.8 Å². The van der Waals surface area contributed by atoms with Gasteiger partial charge in [-0.15, -0.1) is 0 Å². The molecule has 0 saturated heterocycles. The molecule has 130 valence electrons. The Bertz CT molecular complexity index is 977. The molecule has 2 aromatic heterocycles. The van der Waals surface area contributed by atoms with Crippen LogP contribution in [0.3, 0.4) is 0 Å². The molecule has 0 saturated carbocycles. The minimum absolute atomic E-state index is 0.150. The van der Waals surface area contributed by atoms with Gasteiger partial charge in [0.25, 0.3) is 5.91 Å². The molecule has 8 nitrogen and oxygen atoms in total. The molecule has 1 amide bonds. The first-order valence-corrected chi connectivity index (χ1v) is 7.95. The highest BCUT2D eigenvalue weighted by molar-refractivity contribution is 5.91. The second-order valence-corrected chi connectivity index (χ2v) is 5.66. The van der Waals surface area contributed by atoms with E-state index in [-0.39, 0.29) is 11.9 Å². The van der Waals surface area contributed by atoms with Crippen LogP contribution in [0.2, 0.25) is 0 Å². The Balaban J connectivity index is 1.84. The number of carbonyl (C=O) groups excluding carboxylic acids is 1. The van der Waals surface area contributed by atoms with Crippen LogP contribution in [0.15, 0.2) is 54.9 Å². The van der Waals surface area contributed by atoms with Gasteiger partial charge in [-0.1, -0.05) is 12.1 Å². The van der Waals surface area contributed by atoms with Crippen molar-refractivity contribution < 1.29 is 9.53 Å². The number of hydrogen-bond donors (Lipinski definition) is 2. The molecule has 1 aliphatic heterocycles. The Hall–Kier alpha value is -3.68. The summed E-state index contributed by atoms with van der Waals surface area (Å²) in [6.07, 6.45) is 2.84. The topological polar surface area (TPSA) is 106 Å². The molecule has 1 unspecified atom stereocenters. The zero-order valence-electron chi connectivity index (χ0n) is 14.0. The molecule has 0 fully saturated rings. The number of nitrogens with one attached hydrogen (secondary N) is 1. The number of benzene rings is 1. The lowest BCUT2D eigenvalue weighted by Crippen LogP contribution is -2.27. The van der Waals surface area contributed by atoms with E-state index < -0.39 is 5.91 Å². The number of rotatable bonds is 4. The van der Waals surface area contributed by atoms with Crippen molar-refractivity contribution in [2.24, 2.45) is 5.73 Å². The van der Waals surface area contributed by atoms with E-state index in [9.17, 15) is 4.79 Å². The Morgan fingerprint density at radius 1 is 1.19 bits per heavy atom. The fourth-order valence-electron chi connectivity index (χ4n) is 2.89. The molecule has 3 aromatic rings. The lowest BCUT2D eigenvalue weighted by molar-refractivity contribution is 0.0995. The van der Waals surface area contributed by atoms with E-state index in [0.717, 1.165) is 17.1 Å². The Morgan fingerprint density at radius 3 is 2.81 bits per heavy atom. The summed E-state index contributed by atoms with van der Waals surface area (Å²) in [6, 6.07) is 12.9. The highest BCUT2D eigenvalue weighted by Gasteiger charge is 2.34. The molecule has 8 heteroatoms. The summed E-state index contributed by atoms with van der Waals surface area (Å²) < 4.78 is 5.30. The van der Waals surface area contributed by atoms with Gasteiger partial charge in [-0.3, -0.25) is 14.7 Å². The number of nitrogens with zero attached hydrogens (tertiary/aromatic N) is 4. The fourth-order valence-corrected chi connectivity index (χ4v) is 2.89. The van der Waals surface area contributed by atoms with Crippen molar-refractivity contribution >= 4 is 23.2 Å². The molecule has 1 atom stereocenters. The number of anilines is 3. The van der Waals surface area contributed by atoms with Crippen molar-refractivity contribution in [3.8, 4) is 5.75 Å². The Morgan fingerprint density at radius 2 is 2.00 bits per heavy atom. The van der Waals surface area contributed by atoms with Crippen molar-refractivity contribution in [1.29, 1.82) is 0 Å². The molecular formula is C18H16N6O2. The molecule has 0 spiro atoms. The predicted molar refractivity (Wildman–Crippen MR) is 96.3 cm³/mol. The van der Waals surface area contributed by atoms with Crippen LogP contribution in [0.5, 0.6) is 5.75 Å². The number of primary amides is 1. The van der Waals surface area contributed by atoms with E-state index in [0.29, 0.717) is 11.7 Å². The summed E-state index contributed by atoms with van der Waals surface area (Å²) in [7, 11) is 1.60. The third-order valence-electron chi connectivity index (χ3n) is 4.09. The number of carbonyl (C=O) groups is 1. The molecule has 3 heterocycles. The maximum atomic E-state index is 11.5. The third-order valence-corrected chi connectivity index (χ3v) is 4.09. The standard InChI is InChI=1S/C18H16N6O2/c1-26-11-6-8-20-14(10-11)17-22-12-4-2-3-5-15(12)24(17)18-21-9-7-13(23-18)16(19)25/h2-10,17,22H,1H3,(H2,19,25). The van der Waals surface area contributed by atoms with Crippen LogP contribution in [0.4, 0.5) is 17.3 Å². The molecule has 0 radical (unpaired) electrons. The summed E-state index contributed by atoms with van der Waals surface area (Å²) >= 11 is 0. The first-order chi connectivity index (χ1) is 12.7. The number of nitrogens with two attached hydrogens (primary N) is 1. The lowest BCUT2D eigenvalue weighted by Gasteiger charge is -2.24. The summed E-state index contributed by atoms with van der Waals surface area (Å²) in [5.41, 5.74) is 8.04. The van der Waals surface area contributed by atoms with Crippen LogP contribution in [0, 0.1) is 0 Å². The highest BCUT2D eigenvalue weighted by Crippen LogP contribution is 2.44. The molecule has 0 aliphatic carbocycles. The van der Waals surface area contributed by atoms with Gasteiger partial charge in [0.05, 0.1) is 24.2 Å². The first-order valence-electron chi connectivity index (χ1n) is 7.95. The molecule has 1 aromatic carbocycles. The normalized spacial score (nSPS) is 15.3. The average molecular weight is 348 g/mol. The number of pyridine rings is 1. The van der Waals surface area contributed by atoms with Crippen molar-refractivity contribution in [3.63, 3.8) is 0 Å². The number of methoxy groups -OCH3 is 1. The number of para-hydroxylation sites is 2. The summed E-state index contributed by atoms with van der Waals surface area (Å²) in [4.78, 5) is 26.5. The van der Waals surface area contributed by atoms with Crippen LogP contribution >= 0.6 is 0 Å². The van der Waals surface area contributed by atoms with Crippen molar-refractivity contribution in [3.05, 3.63) is 66.2 Å². The average Bonchev–Trinajstić information content (AvgIpc) is 3.07. The predicted octanol–water partition coefficient (Wildman–Crippen LogP) is 2.24. The van der Waals surface area contributed by atoms with Gasteiger partial charge in [-0.05, 0) is 24.3 Å². The van der Waals surface area contributed by atoms with Crippen LogP contribution in [0.1, 0.15) is 22.3 Å². The Labute approximate surface area is 149 Å². The number of aromatic nitrogens is 3. The van der Waals surface area contributed by atoms with Gasteiger partial charge in [0.1, 0.15) is 11.4 Å². The number of amides is 1. The summed E-state index contributed by atoms with van der Waals surface area (Å²) in [6.45, 7) is 0. The Kier molecular flexibility index (Phi) is 3.85. The summed E-state index contributed by atoms with van der Waals surface area (Å²) in [5.74, 6) is 0.443. The molecule has 26 heavy (non-hydrogen) atoms. The maximum Gasteiger partial charge on any atom is 0.267 e. The van der Waals surface area contributed by atoms with Crippen LogP contribution in [-0.4, -0.2) is 28.0 Å². The minimum Gasteiger partial charge on any atom is -0.497 e. The second-order valence-electron chi connectivity index (χ2n) is 5.66. The SMILES string of the molecule is COc1ccnc(C2Nc3ccccc3N2c2nccc(C(N)=O)n2)c1. The van der Waals surface area contributed by atoms with Crippen molar-refractivity contribution in [2.75, 3.05) is 17.3 Å². The second kappa shape index (κ2) is 6.32. The molecule has 1 aliphatic rings. The zero-order valence-corrected chi connectivity index (χ0v) is 14.0. The minimum atomic E-state index is -0.606. The van der Waals surface area contributed by atoms with E-state index in [1.807, 2.05) is 35.2 Å². The number of fused-ring (bicyclic) bond motifs is 1. The zero-order chi connectivity index (χ0) is 18.1. The third kappa shape index (κ3) is 2.67. The van der Waals surface area contributed by atoms with Gasteiger partial charge in [0, 0.05) is 18.5 Å². The monoisotopic (exact) mass is 348 g/mol. The van der Waals surface area contributed by atoms with Crippen LogP contribution in [-0.2, 0) is 0 Å². The smallest absolute Gasteiger partial charge is 0.267 e. The van der Waals surface area contributed by atoms with Crippen molar-refractivity contribution in [1.82, 2.24) is 15.0 Å². The van der Waals surface area contributed by atoms with Crippen LogP contribution in [0.25, 0.3) is 0 Å². The fraction of sp³-hybridized carbons (Fsp3) is 0.111. The maximum absolute atomic E-state index is 11.5.